The van der Waals surface area contributed by atoms with E-state index in [4.69, 9.17) is 17.3 Å². The van der Waals surface area contributed by atoms with Gasteiger partial charge in [-0.05, 0) is 38.0 Å². The number of nitrogens with two attached hydrogens (primary N) is 1. The summed E-state index contributed by atoms with van der Waals surface area (Å²) >= 11 is 7.45. The van der Waals surface area contributed by atoms with Gasteiger partial charge in [0.2, 0.25) is 5.91 Å². The van der Waals surface area contributed by atoms with Gasteiger partial charge in [-0.25, -0.2) is 0 Å². The number of carbonyl (C=O) groups is 1. The zero-order chi connectivity index (χ0) is 14.4. The van der Waals surface area contributed by atoms with Crippen LogP contribution in [0.2, 0.25) is 5.02 Å². The van der Waals surface area contributed by atoms with Gasteiger partial charge in [0, 0.05) is 10.9 Å². The molecule has 1 amide bonds. The van der Waals surface area contributed by atoms with Gasteiger partial charge in [-0.15, -0.1) is 11.8 Å². The van der Waals surface area contributed by atoms with Crippen molar-refractivity contribution in [3.63, 3.8) is 0 Å². The van der Waals surface area contributed by atoms with Gasteiger partial charge in [0.05, 0.1) is 16.0 Å². The highest BCUT2D eigenvalue weighted by Gasteiger charge is 2.17. The minimum atomic E-state index is -0.153. The van der Waals surface area contributed by atoms with Crippen molar-refractivity contribution in [1.82, 2.24) is 5.32 Å². The van der Waals surface area contributed by atoms with Crippen molar-refractivity contribution in [3.05, 3.63) is 23.2 Å². The Morgan fingerprint density at radius 2 is 2.05 bits per heavy atom. The molecule has 3 nitrogen and oxygen atoms in total. The first-order valence-corrected chi connectivity index (χ1v) is 7.75. The zero-order valence-corrected chi connectivity index (χ0v) is 13.1. The first-order chi connectivity index (χ1) is 8.97. The average Bonchev–Trinajstić information content (AvgIpc) is 2.39. The number of carbonyl (C=O) groups excluding carboxylic acids is 1. The van der Waals surface area contributed by atoms with Crippen LogP contribution in [0.1, 0.15) is 33.6 Å². The fourth-order valence-electron chi connectivity index (χ4n) is 1.65. The fraction of sp³-hybridized carbons (Fsp3) is 0.500. The number of hydrogen-bond donors (Lipinski definition) is 2. The third-order valence-corrected chi connectivity index (χ3v) is 4.41. The molecule has 0 bridgehead atoms. The van der Waals surface area contributed by atoms with Crippen molar-refractivity contribution in [1.29, 1.82) is 0 Å². The molecule has 1 rings (SSSR count). The molecule has 106 valence electrons. The van der Waals surface area contributed by atoms with E-state index in [1.165, 1.54) is 11.8 Å². The summed E-state index contributed by atoms with van der Waals surface area (Å²) < 4.78 is 0. The largest absolute Gasteiger partial charge is 0.398 e. The van der Waals surface area contributed by atoms with Crippen LogP contribution in [-0.4, -0.2) is 17.2 Å². The Balaban J connectivity index is 2.60. The lowest BCUT2D eigenvalue weighted by Crippen LogP contribution is -2.38. The second kappa shape index (κ2) is 7.65. The molecule has 1 aromatic rings. The number of anilines is 1. The van der Waals surface area contributed by atoms with Crippen molar-refractivity contribution in [2.24, 2.45) is 0 Å². The molecular formula is C14H21ClN2OS. The minimum Gasteiger partial charge on any atom is -0.398 e. The molecule has 5 heteroatoms. The second-order valence-electron chi connectivity index (χ2n) is 4.47. The number of benzene rings is 1. The lowest BCUT2D eigenvalue weighted by Gasteiger charge is -2.18. The van der Waals surface area contributed by atoms with Crippen LogP contribution in [0.4, 0.5) is 5.69 Å². The van der Waals surface area contributed by atoms with Crippen LogP contribution in [0, 0.1) is 0 Å². The highest BCUT2D eigenvalue weighted by atomic mass is 35.5. The Labute approximate surface area is 124 Å². The molecule has 0 aliphatic heterocycles. The topological polar surface area (TPSA) is 55.1 Å². The molecule has 0 saturated carbocycles. The van der Waals surface area contributed by atoms with Gasteiger partial charge in [0.1, 0.15) is 0 Å². The number of rotatable bonds is 6. The van der Waals surface area contributed by atoms with Crippen molar-refractivity contribution in [2.45, 2.75) is 49.8 Å². The molecule has 0 aliphatic rings. The Kier molecular flexibility index (Phi) is 6.52. The van der Waals surface area contributed by atoms with Crippen LogP contribution in [0.25, 0.3) is 0 Å². The summed E-state index contributed by atoms with van der Waals surface area (Å²) in [6.07, 6.45) is 1.90. The predicted octanol–water partition coefficient (Wildman–Crippen LogP) is 3.71. The molecule has 1 aromatic carbocycles. The van der Waals surface area contributed by atoms with E-state index < -0.39 is 0 Å². The fourth-order valence-corrected chi connectivity index (χ4v) is 2.81. The third kappa shape index (κ3) is 4.96. The molecule has 1 unspecified atom stereocenters. The van der Waals surface area contributed by atoms with E-state index >= 15 is 0 Å². The highest BCUT2D eigenvalue weighted by molar-refractivity contribution is 8.00. The lowest BCUT2D eigenvalue weighted by atomic mass is 10.2. The van der Waals surface area contributed by atoms with Crippen LogP contribution in [0.3, 0.4) is 0 Å². The summed E-state index contributed by atoms with van der Waals surface area (Å²) in [6, 6.07) is 5.69. The molecule has 19 heavy (non-hydrogen) atoms. The van der Waals surface area contributed by atoms with Gasteiger partial charge < -0.3 is 11.1 Å². The molecule has 0 spiro atoms. The molecule has 0 radical (unpaired) electrons. The van der Waals surface area contributed by atoms with Gasteiger partial charge in [-0.3, -0.25) is 4.79 Å². The summed E-state index contributed by atoms with van der Waals surface area (Å²) in [5, 5.41) is 3.42. The number of thioether (sulfide) groups is 1. The molecule has 1 atom stereocenters. The quantitative estimate of drug-likeness (QED) is 0.622. The Bertz CT molecular complexity index is 435. The smallest absolute Gasteiger partial charge is 0.233 e. The highest BCUT2D eigenvalue weighted by Crippen LogP contribution is 2.29. The van der Waals surface area contributed by atoms with Crippen LogP contribution in [0.15, 0.2) is 23.1 Å². The second-order valence-corrected chi connectivity index (χ2v) is 6.29. The Hall–Kier alpha value is -0.870. The van der Waals surface area contributed by atoms with E-state index in [0.717, 1.165) is 17.7 Å². The van der Waals surface area contributed by atoms with E-state index in [2.05, 4.69) is 19.2 Å². The summed E-state index contributed by atoms with van der Waals surface area (Å²) in [4.78, 5) is 13.0. The van der Waals surface area contributed by atoms with E-state index in [0.29, 0.717) is 10.7 Å². The minimum absolute atomic E-state index is 0.0617. The number of nitrogens with one attached hydrogen (secondary N) is 1. The molecule has 0 aliphatic carbocycles. The van der Waals surface area contributed by atoms with Gasteiger partial charge in [-0.1, -0.05) is 25.4 Å². The van der Waals surface area contributed by atoms with E-state index in [9.17, 15) is 4.79 Å². The van der Waals surface area contributed by atoms with E-state index in [1.807, 2.05) is 13.0 Å². The van der Waals surface area contributed by atoms with Gasteiger partial charge in [0.25, 0.3) is 0 Å². The number of hydrogen-bond acceptors (Lipinski definition) is 3. The maximum Gasteiger partial charge on any atom is 0.233 e. The molecular weight excluding hydrogens is 280 g/mol. The van der Waals surface area contributed by atoms with Gasteiger partial charge >= 0.3 is 0 Å². The number of amides is 1. The third-order valence-electron chi connectivity index (χ3n) is 2.99. The van der Waals surface area contributed by atoms with Crippen LogP contribution in [-0.2, 0) is 4.79 Å². The Morgan fingerprint density at radius 1 is 1.42 bits per heavy atom. The lowest BCUT2D eigenvalue weighted by molar-refractivity contribution is -0.121. The summed E-state index contributed by atoms with van der Waals surface area (Å²) in [7, 11) is 0. The normalized spacial score (nSPS) is 12.5. The first kappa shape index (κ1) is 16.2. The number of nitrogen functional groups attached to an aromatic ring is 1. The maximum atomic E-state index is 12.0. The monoisotopic (exact) mass is 300 g/mol. The van der Waals surface area contributed by atoms with Crippen LogP contribution < -0.4 is 11.1 Å². The predicted molar refractivity (Wildman–Crippen MR) is 83.7 cm³/mol. The molecule has 0 aromatic heterocycles. The standard InChI is InChI=1S/C14H21ClN2OS/c1-4-10(5-2)17-14(18)9(3)19-11-6-7-13(16)12(15)8-11/h6-10H,4-5,16H2,1-3H3,(H,17,18). The summed E-state index contributed by atoms with van der Waals surface area (Å²) in [5.41, 5.74) is 6.22. The molecule has 0 fully saturated rings. The summed E-state index contributed by atoms with van der Waals surface area (Å²) in [6.45, 7) is 6.05. The van der Waals surface area contributed by atoms with Crippen LogP contribution >= 0.6 is 23.4 Å². The van der Waals surface area contributed by atoms with Gasteiger partial charge in [0.15, 0.2) is 0 Å². The average molecular weight is 301 g/mol. The van der Waals surface area contributed by atoms with Gasteiger partial charge in [-0.2, -0.15) is 0 Å². The molecule has 0 heterocycles. The zero-order valence-electron chi connectivity index (χ0n) is 11.6. The van der Waals surface area contributed by atoms with Crippen molar-refractivity contribution in [3.8, 4) is 0 Å². The van der Waals surface area contributed by atoms with Crippen LogP contribution in [0.5, 0.6) is 0 Å². The summed E-state index contributed by atoms with van der Waals surface area (Å²) in [5.74, 6) is 0.0617. The van der Waals surface area contributed by atoms with Crippen molar-refractivity contribution in [2.75, 3.05) is 5.73 Å². The number of halogens is 1. The first-order valence-electron chi connectivity index (χ1n) is 6.50. The molecule has 3 N–H and O–H groups in total. The Morgan fingerprint density at radius 3 is 2.58 bits per heavy atom. The van der Waals surface area contributed by atoms with Crippen molar-refractivity contribution < 1.29 is 4.79 Å². The molecule has 0 saturated heterocycles. The van der Waals surface area contributed by atoms with Crippen molar-refractivity contribution >= 4 is 35.0 Å². The SMILES string of the molecule is CCC(CC)NC(=O)C(C)Sc1ccc(N)c(Cl)c1. The van der Waals surface area contributed by atoms with E-state index in [-0.39, 0.29) is 17.2 Å². The van der Waals surface area contributed by atoms with E-state index in [1.54, 1.807) is 12.1 Å². The maximum absolute atomic E-state index is 12.0.